The van der Waals surface area contributed by atoms with Gasteiger partial charge in [-0.1, -0.05) is 5.21 Å². The first-order valence-electron chi connectivity index (χ1n) is 5.75. The predicted molar refractivity (Wildman–Crippen MR) is 62.9 cm³/mol. The summed E-state index contributed by atoms with van der Waals surface area (Å²) >= 11 is 0. The van der Waals surface area contributed by atoms with Crippen molar-refractivity contribution in [2.75, 3.05) is 6.61 Å². The first-order valence-corrected chi connectivity index (χ1v) is 5.75. The molecule has 2 aromatic heterocycles. The number of hydrogen-bond acceptors (Lipinski definition) is 5. The molecule has 0 aliphatic carbocycles. The van der Waals surface area contributed by atoms with Gasteiger partial charge in [-0.2, -0.15) is 0 Å². The number of carbonyl (C=O) groups is 1. The highest BCUT2D eigenvalue weighted by Gasteiger charge is 2.17. The minimum absolute atomic E-state index is 0.280. The van der Waals surface area contributed by atoms with Crippen LogP contribution in [0.3, 0.4) is 0 Å². The molecule has 0 unspecified atom stereocenters. The number of hydrogen-bond donors (Lipinski definition) is 0. The van der Waals surface area contributed by atoms with E-state index in [1.165, 1.54) is 0 Å². The van der Waals surface area contributed by atoms with E-state index in [0.717, 1.165) is 6.54 Å². The number of imidazole rings is 1. The molecule has 2 aromatic rings. The Hall–Kier alpha value is -2.18. The van der Waals surface area contributed by atoms with Crippen LogP contribution in [0.15, 0.2) is 18.7 Å². The van der Waals surface area contributed by atoms with Gasteiger partial charge in [0.1, 0.15) is 0 Å². The summed E-state index contributed by atoms with van der Waals surface area (Å²) in [6.45, 7) is 5.26. The standard InChI is InChI=1S/C11H15N5O2/c1-3-18-11(17)10-9(2)16(14-13-10)7-6-15-5-4-12-8-15/h4-5,8H,3,6-7H2,1-2H3. The largest absolute Gasteiger partial charge is 0.461 e. The molecule has 0 aromatic carbocycles. The van der Waals surface area contributed by atoms with Gasteiger partial charge in [0.25, 0.3) is 0 Å². The summed E-state index contributed by atoms with van der Waals surface area (Å²) in [5.41, 5.74) is 0.996. The lowest BCUT2D eigenvalue weighted by Gasteiger charge is -2.04. The van der Waals surface area contributed by atoms with Crippen molar-refractivity contribution in [3.63, 3.8) is 0 Å². The van der Waals surface area contributed by atoms with Crippen molar-refractivity contribution in [1.82, 2.24) is 24.5 Å². The number of esters is 1. The number of ether oxygens (including phenoxy) is 1. The minimum atomic E-state index is -0.427. The van der Waals surface area contributed by atoms with Crippen LogP contribution in [0.2, 0.25) is 0 Å². The summed E-state index contributed by atoms with van der Waals surface area (Å²) in [5, 5.41) is 7.80. The fraction of sp³-hybridized carbons (Fsp3) is 0.455. The van der Waals surface area contributed by atoms with Crippen molar-refractivity contribution >= 4 is 5.97 Å². The monoisotopic (exact) mass is 249 g/mol. The molecule has 0 fully saturated rings. The van der Waals surface area contributed by atoms with Gasteiger partial charge >= 0.3 is 5.97 Å². The van der Waals surface area contributed by atoms with Crippen molar-refractivity contribution in [3.05, 3.63) is 30.1 Å². The topological polar surface area (TPSA) is 74.8 Å². The van der Waals surface area contributed by atoms with Gasteiger partial charge in [-0.05, 0) is 13.8 Å². The van der Waals surface area contributed by atoms with Crippen molar-refractivity contribution in [2.24, 2.45) is 0 Å². The van der Waals surface area contributed by atoms with Crippen LogP contribution in [-0.4, -0.2) is 37.1 Å². The maximum absolute atomic E-state index is 11.6. The third kappa shape index (κ3) is 2.55. The number of rotatable bonds is 5. The van der Waals surface area contributed by atoms with Crippen LogP contribution < -0.4 is 0 Å². The molecule has 0 aliphatic heterocycles. The molecule has 0 radical (unpaired) electrons. The highest BCUT2D eigenvalue weighted by atomic mass is 16.5. The molecule has 18 heavy (non-hydrogen) atoms. The molecule has 7 nitrogen and oxygen atoms in total. The van der Waals surface area contributed by atoms with Crippen molar-refractivity contribution in [3.8, 4) is 0 Å². The van der Waals surface area contributed by atoms with E-state index in [9.17, 15) is 4.79 Å². The Labute approximate surface area is 104 Å². The molecule has 0 bridgehead atoms. The van der Waals surface area contributed by atoms with Gasteiger partial charge in [-0.3, -0.25) is 0 Å². The van der Waals surface area contributed by atoms with Crippen molar-refractivity contribution in [2.45, 2.75) is 26.9 Å². The number of carbonyl (C=O) groups excluding carboxylic acids is 1. The highest BCUT2D eigenvalue weighted by molar-refractivity contribution is 5.88. The lowest BCUT2D eigenvalue weighted by molar-refractivity contribution is 0.0518. The molecule has 0 spiro atoms. The SMILES string of the molecule is CCOC(=O)c1nnn(CCn2ccnc2)c1C. The predicted octanol–water partition coefficient (Wildman–Crippen LogP) is 0.660. The van der Waals surface area contributed by atoms with Crippen LogP contribution in [0.25, 0.3) is 0 Å². The van der Waals surface area contributed by atoms with E-state index >= 15 is 0 Å². The summed E-state index contributed by atoms with van der Waals surface area (Å²) in [7, 11) is 0. The van der Waals surface area contributed by atoms with Crippen LogP contribution >= 0.6 is 0 Å². The lowest BCUT2D eigenvalue weighted by atomic mass is 10.3. The number of aryl methyl sites for hydroxylation is 2. The molecular formula is C11H15N5O2. The van der Waals surface area contributed by atoms with Gasteiger partial charge in [0.15, 0.2) is 5.69 Å². The van der Waals surface area contributed by atoms with Gasteiger partial charge in [0.2, 0.25) is 0 Å². The van der Waals surface area contributed by atoms with E-state index in [0.29, 0.717) is 18.8 Å². The van der Waals surface area contributed by atoms with E-state index in [1.807, 2.05) is 10.8 Å². The molecule has 0 saturated carbocycles. The summed E-state index contributed by atoms with van der Waals surface area (Å²) in [4.78, 5) is 15.5. The summed E-state index contributed by atoms with van der Waals surface area (Å²) in [5.74, 6) is -0.427. The van der Waals surface area contributed by atoms with Gasteiger partial charge in [-0.15, -0.1) is 5.10 Å². The maximum atomic E-state index is 11.6. The second-order valence-corrected chi connectivity index (χ2v) is 3.77. The molecule has 7 heteroatoms. The zero-order valence-electron chi connectivity index (χ0n) is 10.4. The highest BCUT2D eigenvalue weighted by Crippen LogP contribution is 2.06. The normalized spacial score (nSPS) is 10.6. The van der Waals surface area contributed by atoms with E-state index in [4.69, 9.17) is 4.74 Å². The number of nitrogens with zero attached hydrogens (tertiary/aromatic N) is 5. The average molecular weight is 249 g/mol. The Morgan fingerprint density at radius 1 is 1.44 bits per heavy atom. The summed E-state index contributed by atoms with van der Waals surface area (Å²) in [6, 6.07) is 0. The van der Waals surface area contributed by atoms with Gasteiger partial charge in [0.05, 0.1) is 25.2 Å². The second kappa shape index (κ2) is 5.44. The summed E-state index contributed by atoms with van der Waals surface area (Å²) in [6.07, 6.45) is 5.33. The second-order valence-electron chi connectivity index (χ2n) is 3.77. The Morgan fingerprint density at radius 2 is 2.28 bits per heavy atom. The van der Waals surface area contributed by atoms with Crippen LogP contribution in [0.1, 0.15) is 23.1 Å². The van der Waals surface area contributed by atoms with E-state index in [-0.39, 0.29) is 5.69 Å². The molecule has 0 amide bonds. The molecular weight excluding hydrogens is 234 g/mol. The third-order valence-electron chi connectivity index (χ3n) is 2.58. The van der Waals surface area contributed by atoms with E-state index < -0.39 is 5.97 Å². The Morgan fingerprint density at radius 3 is 2.94 bits per heavy atom. The van der Waals surface area contributed by atoms with E-state index in [1.54, 1.807) is 31.1 Å². The van der Waals surface area contributed by atoms with Crippen LogP contribution in [0.4, 0.5) is 0 Å². The van der Waals surface area contributed by atoms with Crippen molar-refractivity contribution < 1.29 is 9.53 Å². The molecule has 0 saturated heterocycles. The van der Waals surface area contributed by atoms with Crippen LogP contribution in [0, 0.1) is 6.92 Å². The van der Waals surface area contributed by atoms with E-state index in [2.05, 4.69) is 15.3 Å². The molecule has 2 rings (SSSR count). The van der Waals surface area contributed by atoms with Crippen molar-refractivity contribution in [1.29, 1.82) is 0 Å². The summed E-state index contributed by atoms with van der Waals surface area (Å²) < 4.78 is 8.52. The molecule has 96 valence electrons. The Bertz CT molecular complexity index is 518. The minimum Gasteiger partial charge on any atom is -0.461 e. The Balaban J connectivity index is 2.04. The molecule has 0 atom stereocenters. The zero-order chi connectivity index (χ0) is 13.0. The molecule has 0 N–H and O–H groups in total. The smallest absolute Gasteiger partial charge is 0.360 e. The average Bonchev–Trinajstić information content (AvgIpc) is 2.96. The van der Waals surface area contributed by atoms with Gasteiger partial charge in [0, 0.05) is 18.9 Å². The van der Waals surface area contributed by atoms with Crippen LogP contribution in [0.5, 0.6) is 0 Å². The molecule has 0 aliphatic rings. The van der Waals surface area contributed by atoms with Gasteiger partial charge in [-0.25, -0.2) is 14.5 Å². The molecule has 2 heterocycles. The first-order chi connectivity index (χ1) is 8.72. The quantitative estimate of drug-likeness (QED) is 0.728. The first kappa shape index (κ1) is 12.3. The fourth-order valence-corrected chi connectivity index (χ4v) is 1.59. The third-order valence-corrected chi connectivity index (χ3v) is 2.58. The maximum Gasteiger partial charge on any atom is 0.360 e. The fourth-order valence-electron chi connectivity index (χ4n) is 1.59. The van der Waals surface area contributed by atoms with Gasteiger partial charge < -0.3 is 9.30 Å². The van der Waals surface area contributed by atoms with Crippen LogP contribution in [-0.2, 0) is 17.8 Å². The Kier molecular flexibility index (Phi) is 3.71. The zero-order valence-corrected chi connectivity index (χ0v) is 10.4. The number of aromatic nitrogens is 5. The lowest BCUT2D eigenvalue weighted by Crippen LogP contribution is -2.11.